The lowest BCUT2D eigenvalue weighted by molar-refractivity contribution is 0.140. The van der Waals surface area contributed by atoms with Gasteiger partial charge in [-0.2, -0.15) is 0 Å². The predicted molar refractivity (Wildman–Crippen MR) is 81.4 cm³/mol. The van der Waals surface area contributed by atoms with Gasteiger partial charge in [-0.05, 0) is 30.8 Å². The molecule has 1 aromatic rings. The standard InChI is InChI=1S/C13H22O4Si2/c1-7-12-8-10-13(11-9-12)17-18(5,6)19(14-2,15-3)16-4/h7-11H,1H2,2-6H3. The first-order valence-electron chi connectivity index (χ1n) is 6.01. The van der Waals surface area contributed by atoms with E-state index in [9.17, 15) is 0 Å². The maximum absolute atomic E-state index is 6.13. The summed E-state index contributed by atoms with van der Waals surface area (Å²) in [5.41, 5.74) is 1.06. The molecule has 0 aliphatic rings. The summed E-state index contributed by atoms with van der Waals surface area (Å²) in [5.74, 6) is 0.797. The van der Waals surface area contributed by atoms with E-state index in [2.05, 4.69) is 6.58 Å². The molecule has 1 rings (SSSR count). The van der Waals surface area contributed by atoms with E-state index >= 15 is 0 Å². The highest BCUT2D eigenvalue weighted by molar-refractivity contribution is 7.31. The molecule has 0 saturated heterocycles. The van der Waals surface area contributed by atoms with E-state index in [0.29, 0.717) is 0 Å². The topological polar surface area (TPSA) is 36.9 Å². The Morgan fingerprint density at radius 3 is 1.79 bits per heavy atom. The van der Waals surface area contributed by atoms with Crippen molar-refractivity contribution >= 4 is 22.2 Å². The van der Waals surface area contributed by atoms with Gasteiger partial charge in [0.1, 0.15) is 5.75 Å². The van der Waals surface area contributed by atoms with Crippen LogP contribution in [0, 0.1) is 0 Å². The molecule has 0 fully saturated rings. The zero-order valence-corrected chi connectivity index (χ0v) is 14.2. The number of rotatable bonds is 7. The highest BCUT2D eigenvalue weighted by Gasteiger charge is 2.59. The van der Waals surface area contributed by atoms with E-state index in [1.165, 1.54) is 0 Å². The molecule has 1 aromatic carbocycles. The second-order valence-corrected chi connectivity index (χ2v) is 15.6. The van der Waals surface area contributed by atoms with Crippen LogP contribution in [0.5, 0.6) is 5.75 Å². The monoisotopic (exact) mass is 298 g/mol. The molecule has 0 bridgehead atoms. The van der Waals surface area contributed by atoms with Gasteiger partial charge in [0.05, 0.1) is 0 Å². The fraction of sp³-hybridized carbons (Fsp3) is 0.385. The second kappa shape index (κ2) is 6.49. The van der Waals surface area contributed by atoms with Crippen molar-refractivity contribution in [3.8, 4) is 5.75 Å². The minimum Gasteiger partial charge on any atom is -0.538 e. The van der Waals surface area contributed by atoms with Gasteiger partial charge in [0.2, 0.25) is 0 Å². The third kappa shape index (κ3) is 3.34. The zero-order chi connectivity index (χ0) is 14.5. The molecule has 0 N–H and O–H groups in total. The Hall–Kier alpha value is -0.926. The molecule has 4 nitrogen and oxygen atoms in total. The maximum Gasteiger partial charge on any atom is 0.517 e. The van der Waals surface area contributed by atoms with Crippen molar-refractivity contribution < 1.29 is 17.7 Å². The van der Waals surface area contributed by atoms with Crippen molar-refractivity contribution in [2.45, 2.75) is 13.1 Å². The molecule has 0 heterocycles. The summed E-state index contributed by atoms with van der Waals surface area (Å²) in [5, 5.41) is 0. The van der Waals surface area contributed by atoms with Gasteiger partial charge >= 0.3 is 16.2 Å². The Labute approximate surface area is 117 Å². The molecule has 0 aromatic heterocycles. The van der Waals surface area contributed by atoms with Gasteiger partial charge in [0, 0.05) is 21.3 Å². The van der Waals surface area contributed by atoms with Crippen molar-refractivity contribution in [1.29, 1.82) is 0 Å². The van der Waals surface area contributed by atoms with E-state index in [-0.39, 0.29) is 0 Å². The van der Waals surface area contributed by atoms with Gasteiger partial charge in [-0.15, -0.1) is 0 Å². The molecule has 0 radical (unpaired) electrons. The van der Waals surface area contributed by atoms with Gasteiger partial charge in [-0.3, -0.25) is 0 Å². The molecule has 0 aliphatic carbocycles. The van der Waals surface area contributed by atoms with Crippen LogP contribution in [0.3, 0.4) is 0 Å². The lowest BCUT2D eigenvalue weighted by Gasteiger charge is -2.36. The van der Waals surface area contributed by atoms with E-state index in [1.54, 1.807) is 27.4 Å². The van der Waals surface area contributed by atoms with Crippen molar-refractivity contribution in [3.05, 3.63) is 36.4 Å². The molecular weight excluding hydrogens is 276 g/mol. The maximum atomic E-state index is 6.13. The minimum absolute atomic E-state index is 0.797. The normalized spacial score (nSPS) is 12.3. The lowest BCUT2D eigenvalue weighted by Crippen LogP contribution is -2.67. The van der Waals surface area contributed by atoms with E-state index in [4.69, 9.17) is 17.7 Å². The lowest BCUT2D eigenvalue weighted by atomic mass is 10.2. The molecule has 0 saturated carbocycles. The van der Waals surface area contributed by atoms with Crippen LogP contribution < -0.4 is 4.43 Å². The molecule has 19 heavy (non-hydrogen) atoms. The highest BCUT2D eigenvalue weighted by Crippen LogP contribution is 2.25. The number of hydrogen-bond acceptors (Lipinski definition) is 4. The first-order chi connectivity index (χ1) is 8.94. The van der Waals surface area contributed by atoms with Gasteiger partial charge in [0.25, 0.3) is 0 Å². The summed E-state index contributed by atoms with van der Waals surface area (Å²) in [6.45, 7) is 7.81. The first kappa shape index (κ1) is 16.1. The van der Waals surface area contributed by atoms with Crippen LogP contribution in [0.2, 0.25) is 13.1 Å². The molecule has 0 spiro atoms. The smallest absolute Gasteiger partial charge is 0.517 e. The van der Waals surface area contributed by atoms with Crippen molar-refractivity contribution in [2.75, 3.05) is 21.3 Å². The molecule has 0 unspecified atom stereocenters. The van der Waals surface area contributed by atoms with Crippen LogP contribution in [-0.4, -0.2) is 37.5 Å². The van der Waals surface area contributed by atoms with Crippen LogP contribution in [0.25, 0.3) is 6.08 Å². The Bertz CT molecular complexity index is 405. The fourth-order valence-corrected chi connectivity index (χ4v) is 9.99. The van der Waals surface area contributed by atoms with Gasteiger partial charge < -0.3 is 17.7 Å². The third-order valence-electron chi connectivity index (χ3n) is 3.03. The van der Waals surface area contributed by atoms with Gasteiger partial charge in [-0.1, -0.05) is 24.8 Å². The fourth-order valence-electron chi connectivity index (χ4n) is 2.02. The summed E-state index contributed by atoms with van der Waals surface area (Å²) in [6.07, 6.45) is 1.80. The van der Waals surface area contributed by atoms with Crippen molar-refractivity contribution in [1.82, 2.24) is 0 Å². The Balaban J connectivity index is 2.96. The molecular formula is C13H22O4Si2. The Morgan fingerprint density at radius 2 is 1.42 bits per heavy atom. The summed E-state index contributed by atoms with van der Waals surface area (Å²) < 4.78 is 22.7. The molecule has 0 aliphatic heterocycles. The quantitative estimate of drug-likeness (QED) is 0.725. The van der Waals surface area contributed by atoms with Crippen LogP contribution in [-0.2, 0) is 13.3 Å². The van der Waals surface area contributed by atoms with Crippen molar-refractivity contribution in [3.63, 3.8) is 0 Å². The average Bonchev–Trinajstić information content (AvgIpc) is 2.41. The van der Waals surface area contributed by atoms with Crippen molar-refractivity contribution in [2.24, 2.45) is 0 Å². The van der Waals surface area contributed by atoms with E-state index < -0.39 is 16.2 Å². The Morgan fingerprint density at radius 1 is 0.947 bits per heavy atom. The summed E-state index contributed by atoms with van der Waals surface area (Å²) in [4.78, 5) is 0. The van der Waals surface area contributed by atoms with Crippen LogP contribution in [0.4, 0.5) is 0 Å². The SMILES string of the molecule is C=Cc1ccc(O[Si](C)(C)[Si](OC)(OC)OC)cc1. The number of hydrogen-bond donors (Lipinski definition) is 0. The summed E-state index contributed by atoms with van der Waals surface area (Å²) in [6, 6.07) is 7.77. The summed E-state index contributed by atoms with van der Waals surface area (Å²) >= 11 is 0. The van der Waals surface area contributed by atoms with E-state index in [1.807, 2.05) is 37.4 Å². The first-order valence-corrected chi connectivity index (χ1v) is 11.6. The second-order valence-electron chi connectivity index (χ2n) is 4.55. The summed E-state index contributed by atoms with van der Waals surface area (Å²) in [7, 11) is -0.230. The van der Waals surface area contributed by atoms with Gasteiger partial charge in [-0.25, -0.2) is 0 Å². The van der Waals surface area contributed by atoms with E-state index in [0.717, 1.165) is 11.3 Å². The zero-order valence-electron chi connectivity index (χ0n) is 12.2. The average molecular weight is 298 g/mol. The predicted octanol–water partition coefficient (Wildman–Crippen LogP) is 2.87. The molecule has 0 amide bonds. The largest absolute Gasteiger partial charge is 0.538 e. The van der Waals surface area contributed by atoms with Gasteiger partial charge in [0.15, 0.2) is 0 Å². The van der Waals surface area contributed by atoms with Crippen LogP contribution >= 0.6 is 0 Å². The highest BCUT2D eigenvalue weighted by atomic mass is 29.3. The Kier molecular flexibility index (Phi) is 5.51. The molecule has 0 atom stereocenters. The molecule has 106 valence electrons. The minimum atomic E-state index is -2.75. The molecule has 6 heteroatoms. The van der Waals surface area contributed by atoms with Crippen LogP contribution in [0.15, 0.2) is 30.8 Å². The van der Waals surface area contributed by atoms with Crippen LogP contribution in [0.1, 0.15) is 5.56 Å². The number of benzene rings is 1. The third-order valence-corrected chi connectivity index (χ3v) is 13.4.